The van der Waals surface area contributed by atoms with Crippen LogP contribution in [0, 0.1) is 6.92 Å². The fourth-order valence-corrected chi connectivity index (χ4v) is 2.92. The maximum absolute atomic E-state index is 12.2. The van der Waals surface area contributed by atoms with E-state index >= 15 is 0 Å². The third kappa shape index (κ3) is 4.56. The van der Waals surface area contributed by atoms with Gasteiger partial charge in [0.05, 0.1) is 10.7 Å². The molecule has 30 heavy (non-hydrogen) atoms. The Morgan fingerprint density at radius 2 is 1.60 bits per heavy atom. The predicted molar refractivity (Wildman–Crippen MR) is 111 cm³/mol. The van der Waals surface area contributed by atoms with Crippen molar-refractivity contribution in [2.24, 2.45) is 0 Å². The number of hydrogen-bond acceptors (Lipinski definition) is 7. The van der Waals surface area contributed by atoms with Crippen LogP contribution < -0.4 is 15.0 Å². The number of rotatable bonds is 5. The summed E-state index contributed by atoms with van der Waals surface area (Å²) in [5, 5.41) is 4.99. The largest absolute Gasteiger partial charge is 0.423 e. The molecule has 0 radical (unpaired) electrons. The molecule has 0 aliphatic rings. The van der Waals surface area contributed by atoms with Crippen molar-refractivity contribution in [2.45, 2.75) is 6.92 Å². The van der Waals surface area contributed by atoms with Crippen LogP contribution in [-0.4, -0.2) is 24.7 Å². The van der Waals surface area contributed by atoms with Crippen molar-refractivity contribution in [2.75, 3.05) is 0 Å². The molecule has 2 aromatic heterocycles. The summed E-state index contributed by atoms with van der Waals surface area (Å²) >= 11 is 12.0. The lowest BCUT2D eigenvalue weighted by molar-refractivity contribution is 0.380. The highest BCUT2D eigenvalue weighted by Gasteiger charge is 2.12. The highest BCUT2D eigenvalue weighted by Crippen LogP contribution is 2.30. The Hall–Kier alpha value is -3.49. The average Bonchev–Trinajstić information content (AvgIpc) is 2.72. The molecule has 0 amide bonds. The molecule has 0 bridgehead atoms. The second-order valence-electron chi connectivity index (χ2n) is 5.98. The molecule has 2 heterocycles. The van der Waals surface area contributed by atoms with Gasteiger partial charge >= 0.3 is 12.0 Å². The quantitative estimate of drug-likeness (QED) is 0.446. The lowest BCUT2D eigenvalue weighted by Gasteiger charge is -2.09. The normalized spacial score (nSPS) is 10.6. The van der Waals surface area contributed by atoms with Crippen molar-refractivity contribution in [3.63, 3.8) is 0 Å². The van der Waals surface area contributed by atoms with Crippen LogP contribution in [-0.2, 0) is 0 Å². The van der Waals surface area contributed by atoms with E-state index in [1.807, 2.05) is 6.07 Å². The van der Waals surface area contributed by atoms with Crippen LogP contribution in [0.15, 0.2) is 65.5 Å². The fourth-order valence-electron chi connectivity index (χ4n) is 2.48. The molecule has 8 nitrogen and oxygen atoms in total. The van der Waals surface area contributed by atoms with Gasteiger partial charge in [0.25, 0.3) is 5.56 Å². The summed E-state index contributed by atoms with van der Waals surface area (Å²) in [7, 11) is 0. The Morgan fingerprint density at radius 1 is 0.867 bits per heavy atom. The molecule has 0 N–H and O–H groups in total. The van der Waals surface area contributed by atoms with E-state index in [1.165, 1.54) is 16.8 Å². The van der Waals surface area contributed by atoms with Crippen molar-refractivity contribution in [3.8, 4) is 29.3 Å². The van der Waals surface area contributed by atoms with Crippen LogP contribution in [0.5, 0.6) is 23.7 Å². The molecule has 10 heteroatoms. The highest BCUT2D eigenvalue weighted by atomic mass is 35.5. The summed E-state index contributed by atoms with van der Waals surface area (Å²) in [6.45, 7) is 1.66. The van der Waals surface area contributed by atoms with Crippen molar-refractivity contribution in [1.29, 1.82) is 0 Å². The Kier molecular flexibility index (Phi) is 5.60. The second kappa shape index (κ2) is 8.48. The van der Waals surface area contributed by atoms with Gasteiger partial charge in [-0.05, 0) is 37.3 Å². The summed E-state index contributed by atoms with van der Waals surface area (Å²) in [6, 6.07) is 16.4. The molecule has 2 aromatic carbocycles. The molecule has 4 aromatic rings. The number of nitrogens with zero attached hydrogens (tertiary/aromatic N) is 5. The zero-order valence-electron chi connectivity index (χ0n) is 15.5. The molecular formula is C20H13Cl2N5O3. The van der Waals surface area contributed by atoms with Gasteiger partial charge in [0.15, 0.2) is 0 Å². The summed E-state index contributed by atoms with van der Waals surface area (Å²) < 4.78 is 12.5. The molecule has 0 saturated heterocycles. The molecule has 0 aliphatic carbocycles. The third-order valence-corrected chi connectivity index (χ3v) is 4.30. The van der Waals surface area contributed by atoms with Crippen LogP contribution in [0.25, 0.3) is 5.69 Å². The predicted octanol–water partition coefficient (Wildman–Crippen LogP) is 4.62. The average molecular weight is 442 g/mol. The van der Waals surface area contributed by atoms with Crippen LogP contribution in [0.2, 0.25) is 10.0 Å². The number of hydrogen-bond donors (Lipinski definition) is 0. The van der Waals surface area contributed by atoms with Crippen molar-refractivity contribution in [1.82, 2.24) is 24.7 Å². The SMILES string of the molecule is Cc1nc(Oc2ccc(=O)n(-c3ccccc3)n2)nc(Oc2ccc(Cl)cc2Cl)n1. The Labute approximate surface area is 180 Å². The first kappa shape index (κ1) is 19.8. The van der Waals surface area contributed by atoms with Crippen molar-refractivity contribution in [3.05, 3.63) is 86.9 Å². The summed E-state index contributed by atoms with van der Waals surface area (Å²) in [5.41, 5.74) is 0.294. The van der Waals surface area contributed by atoms with E-state index < -0.39 is 0 Å². The molecule has 0 saturated carbocycles. The van der Waals surface area contributed by atoms with Crippen LogP contribution >= 0.6 is 23.2 Å². The first-order valence-corrected chi connectivity index (χ1v) is 9.43. The summed E-state index contributed by atoms with van der Waals surface area (Å²) in [6.07, 6.45) is 0. The lowest BCUT2D eigenvalue weighted by atomic mass is 10.3. The van der Waals surface area contributed by atoms with Crippen LogP contribution in [0.4, 0.5) is 0 Å². The van der Waals surface area contributed by atoms with Gasteiger partial charge < -0.3 is 9.47 Å². The highest BCUT2D eigenvalue weighted by molar-refractivity contribution is 6.35. The zero-order chi connectivity index (χ0) is 21.1. The van der Waals surface area contributed by atoms with Crippen LogP contribution in [0.1, 0.15) is 5.82 Å². The van der Waals surface area contributed by atoms with E-state index in [1.54, 1.807) is 49.4 Å². The minimum Gasteiger partial charge on any atom is -0.423 e. The first-order chi connectivity index (χ1) is 14.5. The number of halogens is 2. The summed E-state index contributed by atoms with van der Waals surface area (Å²) in [4.78, 5) is 24.5. The van der Waals surface area contributed by atoms with E-state index in [9.17, 15) is 4.79 Å². The van der Waals surface area contributed by atoms with Gasteiger partial charge in [-0.2, -0.15) is 14.6 Å². The molecular weight excluding hydrogens is 429 g/mol. The van der Waals surface area contributed by atoms with Gasteiger partial charge in [0, 0.05) is 17.2 Å². The first-order valence-electron chi connectivity index (χ1n) is 8.67. The number of ether oxygens (including phenoxy) is 2. The topological polar surface area (TPSA) is 92.0 Å². The smallest absolute Gasteiger partial charge is 0.329 e. The van der Waals surface area contributed by atoms with Gasteiger partial charge in [-0.25, -0.2) is 0 Å². The van der Waals surface area contributed by atoms with Crippen molar-refractivity contribution < 1.29 is 9.47 Å². The number of para-hydroxylation sites is 1. The third-order valence-electron chi connectivity index (χ3n) is 3.77. The summed E-state index contributed by atoms with van der Waals surface area (Å²) in [5.74, 6) is 0.810. The van der Waals surface area contributed by atoms with E-state index in [0.29, 0.717) is 27.3 Å². The number of benzene rings is 2. The van der Waals surface area contributed by atoms with E-state index in [-0.39, 0.29) is 23.5 Å². The molecule has 0 aliphatic heterocycles. The maximum Gasteiger partial charge on any atom is 0.329 e. The molecule has 4 rings (SSSR count). The van der Waals surface area contributed by atoms with Gasteiger partial charge in [0.2, 0.25) is 5.88 Å². The van der Waals surface area contributed by atoms with Gasteiger partial charge in [0.1, 0.15) is 11.6 Å². The molecule has 0 fully saturated rings. The molecule has 0 atom stereocenters. The van der Waals surface area contributed by atoms with Gasteiger partial charge in [-0.1, -0.05) is 41.4 Å². The minimum absolute atomic E-state index is 0.0156. The Balaban J connectivity index is 1.62. The molecule has 0 spiro atoms. The van der Waals surface area contributed by atoms with E-state index in [0.717, 1.165) is 0 Å². The lowest BCUT2D eigenvalue weighted by Crippen LogP contribution is -2.20. The number of aryl methyl sites for hydroxylation is 1. The fraction of sp³-hybridized carbons (Fsp3) is 0.0500. The standard InChI is InChI=1S/C20H13Cl2N5O3/c1-12-23-19(29-16-8-7-13(21)11-15(16)22)25-20(24-12)30-17-9-10-18(28)27(26-17)14-5-3-2-4-6-14/h2-11H,1H3. The molecule has 0 unspecified atom stereocenters. The second-order valence-corrected chi connectivity index (χ2v) is 6.83. The zero-order valence-corrected chi connectivity index (χ0v) is 17.0. The Morgan fingerprint density at radius 3 is 2.33 bits per heavy atom. The monoisotopic (exact) mass is 441 g/mol. The Bertz CT molecular complexity index is 1270. The number of aromatic nitrogens is 5. The maximum atomic E-state index is 12.2. The van der Waals surface area contributed by atoms with E-state index in [2.05, 4.69) is 20.1 Å². The minimum atomic E-state index is -0.304. The van der Waals surface area contributed by atoms with E-state index in [4.69, 9.17) is 32.7 Å². The van der Waals surface area contributed by atoms with Gasteiger partial charge in [-0.15, -0.1) is 10.1 Å². The van der Waals surface area contributed by atoms with Gasteiger partial charge in [-0.3, -0.25) is 4.79 Å². The molecule has 150 valence electrons. The van der Waals surface area contributed by atoms with Crippen molar-refractivity contribution >= 4 is 23.2 Å². The van der Waals surface area contributed by atoms with Crippen LogP contribution in [0.3, 0.4) is 0 Å².